The monoisotopic (exact) mass is 474 g/mol. The molecule has 0 saturated heterocycles. The molecule has 0 nitrogen and oxygen atoms in total. The van der Waals surface area contributed by atoms with E-state index in [2.05, 4.69) is 79.6 Å². The molecule has 5 heteroatoms. The van der Waals surface area contributed by atoms with Crippen molar-refractivity contribution in [2.24, 2.45) is 0 Å². The normalized spacial score (nSPS) is 43.9. The maximum absolute atomic E-state index is 3.64. The Balaban J connectivity index is 2.67. The van der Waals surface area contributed by atoms with Gasteiger partial charge in [-0.3, -0.25) is 0 Å². The quantitative estimate of drug-likeness (QED) is 0.448. The highest BCUT2D eigenvalue weighted by Crippen LogP contribution is 2.49. The third kappa shape index (κ3) is 2.67. The van der Waals surface area contributed by atoms with Crippen LogP contribution in [0.2, 0.25) is 0 Å². The first kappa shape index (κ1) is 11.5. The summed E-state index contributed by atoms with van der Waals surface area (Å²) in [6.45, 7) is 0. The van der Waals surface area contributed by atoms with Crippen molar-refractivity contribution in [3.63, 3.8) is 0 Å². The van der Waals surface area contributed by atoms with Gasteiger partial charge in [-0.25, -0.2) is 0 Å². The Hall–Kier alpha value is 2.40. The molecule has 0 aromatic carbocycles. The second-order valence-corrected chi connectivity index (χ2v) is 9.78. The molecule has 1 fully saturated rings. The van der Waals surface area contributed by atoms with Gasteiger partial charge >= 0.3 is 0 Å². The molecule has 3 atom stereocenters. The van der Waals surface area contributed by atoms with Gasteiger partial charge in [0.25, 0.3) is 0 Å². The molecule has 3 unspecified atom stereocenters. The first-order valence-electron chi connectivity index (χ1n) is 3.25. The van der Waals surface area contributed by atoms with Gasteiger partial charge in [0.2, 0.25) is 0 Å². The Morgan fingerprint density at radius 2 is 1.64 bits per heavy atom. The van der Waals surface area contributed by atoms with Gasteiger partial charge in [0.05, 0.1) is 8.06 Å². The van der Waals surface area contributed by atoms with Crippen LogP contribution < -0.4 is 0 Å². The molecule has 0 N–H and O–H groups in total. The van der Waals surface area contributed by atoms with Crippen molar-refractivity contribution in [1.29, 1.82) is 0 Å². The van der Waals surface area contributed by atoms with Crippen LogP contribution in [0, 0.1) is 0 Å². The van der Waals surface area contributed by atoms with Crippen molar-refractivity contribution in [3.8, 4) is 0 Å². The van der Waals surface area contributed by atoms with Crippen molar-refractivity contribution >= 4 is 79.6 Å². The van der Waals surface area contributed by atoms with Gasteiger partial charge in [-0.2, -0.15) is 0 Å². The minimum atomic E-state index is 0.0540. The molecule has 0 bridgehead atoms. The van der Waals surface area contributed by atoms with Crippen molar-refractivity contribution in [1.82, 2.24) is 0 Å². The lowest BCUT2D eigenvalue weighted by Gasteiger charge is -2.37. The summed E-state index contributed by atoms with van der Waals surface area (Å²) in [6, 6.07) is 0. The molecule has 1 aliphatic rings. The van der Waals surface area contributed by atoms with E-state index in [1.165, 1.54) is 6.42 Å². The summed E-state index contributed by atoms with van der Waals surface area (Å²) in [6.07, 6.45) is 2.30. The zero-order chi connectivity index (χ0) is 8.65. The van der Waals surface area contributed by atoms with Crippen LogP contribution >= 0.6 is 79.6 Å². The molecule has 0 aliphatic heterocycles. The summed E-state index contributed by atoms with van der Waals surface area (Å²) in [5.74, 6) is 0. The van der Waals surface area contributed by atoms with Crippen LogP contribution in [0.1, 0.15) is 12.8 Å². The minimum absolute atomic E-state index is 0.0540. The van der Waals surface area contributed by atoms with Gasteiger partial charge < -0.3 is 0 Å². The highest BCUT2D eigenvalue weighted by Gasteiger charge is 2.43. The summed E-state index contributed by atoms with van der Waals surface area (Å²) < 4.78 is 0.0540. The molecule has 0 spiro atoms. The van der Waals surface area contributed by atoms with Crippen molar-refractivity contribution < 1.29 is 0 Å². The van der Waals surface area contributed by atoms with E-state index >= 15 is 0 Å². The average Bonchev–Trinajstić information content (AvgIpc) is 1.95. The van der Waals surface area contributed by atoms with Gasteiger partial charge in [-0.05, 0) is 12.8 Å². The highest BCUT2D eigenvalue weighted by atomic mass is 79.9. The number of rotatable bonds is 0. The van der Waals surface area contributed by atoms with Crippen LogP contribution in [-0.4, -0.2) is 17.7 Å². The average molecular weight is 479 g/mol. The van der Waals surface area contributed by atoms with E-state index in [1.54, 1.807) is 0 Å². The van der Waals surface area contributed by atoms with Gasteiger partial charge in [0.1, 0.15) is 0 Å². The lowest BCUT2D eigenvalue weighted by atomic mass is 10.0. The van der Waals surface area contributed by atoms with Gasteiger partial charge in [0, 0.05) is 9.65 Å². The highest BCUT2D eigenvalue weighted by molar-refractivity contribution is 9.26. The maximum Gasteiger partial charge on any atom is 0.0941 e. The second kappa shape index (κ2) is 4.28. The molecule has 0 aromatic rings. The number of alkyl halides is 5. The third-order valence-electron chi connectivity index (χ3n) is 1.78. The van der Waals surface area contributed by atoms with E-state index in [0.717, 1.165) is 6.42 Å². The number of halogens is 5. The van der Waals surface area contributed by atoms with E-state index < -0.39 is 0 Å². The standard InChI is InChI=1S/C6H7Br5/c7-3-1-2-6(10,11)5(9)4(3)8/h3-5H,1-2H2. The second-order valence-electron chi connectivity index (χ2n) is 2.66. The van der Waals surface area contributed by atoms with Crippen LogP contribution in [0.3, 0.4) is 0 Å². The maximum atomic E-state index is 3.64. The van der Waals surface area contributed by atoms with Crippen molar-refractivity contribution in [2.45, 2.75) is 30.6 Å². The summed E-state index contributed by atoms with van der Waals surface area (Å²) in [5.41, 5.74) is 0. The van der Waals surface area contributed by atoms with E-state index in [9.17, 15) is 0 Å². The van der Waals surface area contributed by atoms with Crippen LogP contribution in [-0.2, 0) is 0 Å². The molecule has 1 saturated carbocycles. The lowest BCUT2D eigenvalue weighted by Crippen LogP contribution is -2.42. The van der Waals surface area contributed by atoms with Crippen LogP contribution in [0.4, 0.5) is 0 Å². The minimum Gasteiger partial charge on any atom is -0.0878 e. The Bertz CT molecular complexity index is 146. The molecule has 0 aromatic heterocycles. The SMILES string of the molecule is BrC1CCC(Br)(Br)C(Br)C1Br. The predicted molar refractivity (Wildman–Crippen MR) is 68.0 cm³/mol. The topological polar surface area (TPSA) is 0 Å². The molecule has 1 aliphatic carbocycles. The molecular formula is C6H7Br5. The first-order valence-corrected chi connectivity index (χ1v) is 7.58. The van der Waals surface area contributed by atoms with Gasteiger partial charge in [-0.15, -0.1) is 0 Å². The smallest absolute Gasteiger partial charge is 0.0878 e. The molecular weight excluding hydrogens is 472 g/mol. The summed E-state index contributed by atoms with van der Waals surface area (Å²) in [7, 11) is 0. The molecule has 1 rings (SSSR count). The predicted octanol–water partition coefficient (Wildman–Crippen LogP) is 4.56. The van der Waals surface area contributed by atoms with E-state index in [4.69, 9.17) is 0 Å². The lowest BCUT2D eigenvalue weighted by molar-refractivity contribution is 0.554. The number of hydrogen-bond acceptors (Lipinski definition) is 0. The summed E-state index contributed by atoms with van der Waals surface area (Å²) in [4.78, 5) is 1.44. The summed E-state index contributed by atoms with van der Waals surface area (Å²) >= 11 is 18.2. The molecule has 11 heavy (non-hydrogen) atoms. The fraction of sp³-hybridized carbons (Fsp3) is 1.00. The van der Waals surface area contributed by atoms with Crippen LogP contribution in [0.25, 0.3) is 0 Å². The van der Waals surface area contributed by atoms with Crippen molar-refractivity contribution in [3.05, 3.63) is 0 Å². The third-order valence-corrected chi connectivity index (χ3v) is 9.75. The Labute approximate surface area is 109 Å². The zero-order valence-electron chi connectivity index (χ0n) is 5.54. The fourth-order valence-electron chi connectivity index (χ4n) is 1.04. The molecule has 0 radical (unpaired) electrons. The molecule has 0 amide bonds. The summed E-state index contributed by atoms with van der Waals surface area (Å²) in [5, 5.41) is 0. The van der Waals surface area contributed by atoms with Crippen molar-refractivity contribution in [2.75, 3.05) is 0 Å². The largest absolute Gasteiger partial charge is 0.0941 e. The Morgan fingerprint density at radius 1 is 1.09 bits per heavy atom. The van der Waals surface area contributed by atoms with E-state index in [1.807, 2.05) is 0 Å². The van der Waals surface area contributed by atoms with Gasteiger partial charge in [-0.1, -0.05) is 79.6 Å². The van der Waals surface area contributed by atoms with E-state index in [0.29, 0.717) is 14.5 Å². The molecule has 66 valence electrons. The van der Waals surface area contributed by atoms with Gasteiger partial charge in [0.15, 0.2) is 0 Å². The van der Waals surface area contributed by atoms with Crippen LogP contribution in [0.15, 0.2) is 0 Å². The Morgan fingerprint density at radius 3 is 2.09 bits per heavy atom. The fourth-order valence-corrected chi connectivity index (χ4v) is 5.04. The number of hydrogen-bond donors (Lipinski definition) is 0. The van der Waals surface area contributed by atoms with E-state index in [-0.39, 0.29) is 3.23 Å². The molecule has 0 heterocycles. The first-order chi connectivity index (χ1) is 4.95. The zero-order valence-corrected chi connectivity index (χ0v) is 13.5. The van der Waals surface area contributed by atoms with Crippen LogP contribution in [0.5, 0.6) is 0 Å². The Kier molecular flexibility index (Phi) is 4.47.